The number of aryl methyl sites for hydroxylation is 1. The summed E-state index contributed by atoms with van der Waals surface area (Å²) >= 11 is 0. The summed E-state index contributed by atoms with van der Waals surface area (Å²) in [5.74, 6) is 0. The van der Waals surface area contributed by atoms with Crippen LogP contribution in [0.25, 0.3) is 11.2 Å². The van der Waals surface area contributed by atoms with E-state index in [-0.39, 0.29) is 0 Å². The van der Waals surface area contributed by atoms with Crippen LogP contribution in [0.5, 0.6) is 0 Å². The number of piperazine rings is 1. The quantitative estimate of drug-likeness (QED) is 0.811. The molecule has 0 amide bonds. The number of aromatic nitrogens is 3. The highest BCUT2D eigenvalue weighted by atomic mass is 15.2. The fourth-order valence-corrected chi connectivity index (χ4v) is 2.32. The molecule has 0 saturated carbocycles. The molecule has 2 aromatic heterocycles. The zero-order valence-corrected chi connectivity index (χ0v) is 10.1. The van der Waals surface area contributed by atoms with Crippen molar-refractivity contribution in [1.29, 1.82) is 0 Å². The van der Waals surface area contributed by atoms with Crippen molar-refractivity contribution in [1.82, 2.24) is 24.8 Å². The standard InChI is InChI=1S/C12H17N5/c1-16-9-15-11-10(2-3-14-12(11)16)8-17-6-4-13-5-7-17/h2-3,9,13H,4-8H2,1H3. The van der Waals surface area contributed by atoms with Crippen LogP contribution in [0.3, 0.4) is 0 Å². The van der Waals surface area contributed by atoms with Gasteiger partial charge in [0.25, 0.3) is 0 Å². The molecule has 0 aromatic carbocycles. The molecule has 2 aromatic rings. The van der Waals surface area contributed by atoms with E-state index in [0.717, 1.165) is 43.9 Å². The van der Waals surface area contributed by atoms with Crippen LogP contribution < -0.4 is 5.32 Å². The first-order chi connectivity index (χ1) is 8.34. The molecule has 1 saturated heterocycles. The van der Waals surface area contributed by atoms with Crippen molar-refractivity contribution in [2.45, 2.75) is 6.54 Å². The minimum Gasteiger partial charge on any atom is -0.318 e. The summed E-state index contributed by atoms with van der Waals surface area (Å²) in [6, 6.07) is 2.08. The summed E-state index contributed by atoms with van der Waals surface area (Å²) in [6.45, 7) is 5.35. The van der Waals surface area contributed by atoms with E-state index in [0.29, 0.717) is 0 Å². The van der Waals surface area contributed by atoms with Gasteiger partial charge in [-0.1, -0.05) is 0 Å². The molecule has 0 spiro atoms. The second-order valence-electron chi connectivity index (χ2n) is 4.52. The molecular weight excluding hydrogens is 214 g/mol. The maximum Gasteiger partial charge on any atom is 0.159 e. The first-order valence-electron chi connectivity index (χ1n) is 6.02. The third kappa shape index (κ3) is 2.03. The van der Waals surface area contributed by atoms with Crippen LogP contribution in [0.2, 0.25) is 0 Å². The number of rotatable bonds is 2. The number of hydrogen-bond acceptors (Lipinski definition) is 4. The first-order valence-corrected chi connectivity index (χ1v) is 6.02. The average molecular weight is 231 g/mol. The Hall–Kier alpha value is -1.46. The van der Waals surface area contributed by atoms with E-state index in [2.05, 4.69) is 26.3 Å². The van der Waals surface area contributed by atoms with Gasteiger partial charge in [-0.3, -0.25) is 4.90 Å². The van der Waals surface area contributed by atoms with Crippen molar-refractivity contribution in [2.75, 3.05) is 26.2 Å². The van der Waals surface area contributed by atoms with Crippen LogP contribution in [0.1, 0.15) is 5.56 Å². The van der Waals surface area contributed by atoms with E-state index in [1.54, 1.807) is 0 Å². The molecule has 5 nitrogen and oxygen atoms in total. The van der Waals surface area contributed by atoms with E-state index < -0.39 is 0 Å². The molecule has 0 radical (unpaired) electrons. The van der Waals surface area contributed by atoms with E-state index in [9.17, 15) is 0 Å². The lowest BCUT2D eigenvalue weighted by molar-refractivity contribution is 0.234. The SMILES string of the molecule is Cn1cnc2c(CN3CCNCC3)ccnc21. The second kappa shape index (κ2) is 4.43. The number of hydrogen-bond donors (Lipinski definition) is 1. The molecule has 1 N–H and O–H groups in total. The molecule has 1 aliphatic rings. The van der Waals surface area contributed by atoms with Crippen molar-refractivity contribution in [2.24, 2.45) is 7.05 Å². The Bertz CT molecular complexity index is 513. The zero-order valence-electron chi connectivity index (χ0n) is 10.1. The highest BCUT2D eigenvalue weighted by molar-refractivity contribution is 5.74. The molecule has 5 heteroatoms. The van der Waals surface area contributed by atoms with Gasteiger partial charge in [-0.05, 0) is 11.6 Å². The minimum atomic E-state index is 0.970. The third-order valence-electron chi connectivity index (χ3n) is 3.29. The average Bonchev–Trinajstić information content (AvgIpc) is 2.74. The van der Waals surface area contributed by atoms with Crippen molar-refractivity contribution in [3.63, 3.8) is 0 Å². The van der Waals surface area contributed by atoms with E-state index in [1.165, 1.54) is 5.56 Å². The number of pyridine rings is 1. The molecule has 0 atom stereocenters. The van der Waals surface area contributed by atoms with Crippen LogP contribution in [0, 0.1) is 0 Å². The van der Waals surface area contributed by atoms with Gasteiger partial charge in [-0.15, -0.1) is 0 Å². The Morgan fingerprint density at radius 3 is 2.94 bits per heavy atom. The van der Waals surface area contributed by atoms with Crippen molar-refractivity contribution in [3.05, 3.63) is 24.2 Å². The Kier molecular flexibility index (Phi) is 2.78. The predicted octanol–water partition coefficient (Wildman–Crippen LogP) is 0.373. The fourth-order valence-electron chi connectivity index (χ4n) is 2.32. The van der Waals surface area contributed by atoms with Crippen LogP contribution in [-0.4, -0.2) is 45.6 Å². The maximum absolute atomic E-state index is 4.44. The monoisotopic (exact) mass is 231 g/mol. The normalized spacial score (nSPS) is 17.7. The second-order valence-corrected chi connectivity index (χ2v) is 4.52. The van der Waals surface area contributed by atoms with Crippen molar-refractivity contribution in [3.8, 4) is 0 Å². The highest BCUT2D eigenvalue weighted by Crippen LogP contribution is 2.16. The molecule has 3 heterocycles. The molecule has 90 valence electrons. The summed E-state index contributed by atoms with van der Waals surface area (Å²) < 4.78 is 1.97. The van der Waals surface area contributed by atoms with Crippen molar-refractivity contribution < 1.29 is 0 Å². The topological polar surface area (TPSA) is 46.0 Å². The highest BCUT2D eigenvalue weighted by Gasteiger charge is 2.13. The van der Waals surface area contributed by atoms with Gasteiger partial charge >= 0.3 is 0 Å². The summed E-state index contributed by atoms with van der Waals surface area (Å²) in [7, 11) is 1.98. The van der Waals surface area contributed by atoms with Gasteiger partial charge in [0.1, 0.15) is 5.52 Å². The first kappa shape index (κ1) is 10.7. The molecule has 0 bridgehead atoms. The van der Waals surface area contributed by atoms with Gasteiger partial charge in [0, 0.05) is 46.0 Å². The Balaban J connectivity index is 1.89. The number of imidazole rings is 1. The molecule has 0 unspecified atom stereocenters. The lowest BCUT2D eigenvalue weighted by Crippen LogP contribution is -2.42. The number of fused-ring (bicyclic) bond motifs is 1. The lowest BCUT2D eigenvalue weighted by Gasteiger charge is -2.27. The summed E-state index contributed by atoms with van der Waals surface area (Å²) in [6.07, 6.45) is 3.71. The summed E-state index contributed by atoms with van der Waals surface area (Å²) in [4.78, 5) is 11.3. The molecule has 1 aliphatic heterocycles. The van der Waals surface area contributed by atoms with Crippen LogP contribution in [-0.2, 0) is 13.6 Å². The number of nitrogens with one attached hydrogen (secondary N) is 1. The lowest BCUT2D eigenvalue weighted by atomic mass is 10.2. The van der Waals surface area contributed by atoms with Gasteiger partial charge in [-0.25, -0.2) is 9.97 Å². The van der Waals surface area contributed by atoms with Crippen LogP contribution in [0.4, 0.5) is 0 Å². The number of nitrogens with zero attached hydrogens (tertiary/aromatic N) is 4. The summed E-state index contributed by atoms with van der Waals surface area (Å²) in [5.41, 5.74) is 3.28. The molecule has 3 rings (SSSR count). The Morgan fingerprint density at radius 2 is 2.12 bits per heavy atom. The Morgan fingerprint density at radius 1 is 1.29 bits per heavy atom. The van der Waals surface area contributed by atoms with Crippen molar-refractivity contribution >= 4 is 11.2 Å². The molecular formula is C12H17N5. The molecule has 0 aliphatic carbocycles. The molecule has 17 heavy (non-hydrogen) atoms. The zero-order chi connectivity index (χ0) is 11.7. The predicted molar refractivity (Wildman–Crippen MR) is 66.7 cm³/mol. The minimum absolute atomic E-state index is 0.970. The van der Waals surface area contributed by atoms with E-state index in [1.807, 2.05) is 24.1 Å². The van der Waals surface area contributed by atoms with Gasteiger partial charge in [0.15, 0.2) is 5.65 Å². The smallest absolute Gasteiger partial charge is 0.159 e. The van der Waals surface area contributed by atoms with E-state index >= 15 is 0 Å². The van der Waals surface area contributed by atoms with Crippen LogP contribution in [0.15, 0.2) is 18.6 Å². The van der Waals surface area contributed by atoms with Crippen LogP contribution >= 0.6 is 0 Å². The van der Waals surface area contributed by atoms with Gasteiger partial charge in [-0.2, -0.15) is 0 Å². The van der Waals surface area contributed by atoms with Gasteiger partial charge in [0.2, 0.25) is 0 Å². The van der Waals surface area contributed by atoms with Gasteiger partial charge < -0.3 is 9.88 Å². The van der Waals surface area contributed by atoms with Gasteiger partial charge in [0.05, 0.1) is 6.33 Å². The van der Waals surface area contributed by atoms with E-state index in [4.69, 9.17) is 0 Å². The third-order valence-corrected chi connectivity index (χ3v) is 3.29. The maximum atomic E-state index is 4.44. The Labute approximate surface area is 100 Å². The summed E-state index contributed by atoms with van der Waals surface area (Å²) in [5, 5.41) is 3.37. The molecule has 1 fully saturated rings. The fraction of sp³-hybridized carbons (Fsp3) is 0.500. The largest absolute Gasteiger partial charge is 0.318 e.